The molecule has 0 radical (unpaired) electrons. The normalized spacial score (nSPS) is 11.8. The van der Waals surface area contributed by atoms with Crippen molar-refractivity contribution in [2.75, 3.05) is 6.54 Å². The molecule has 0 bridgehead atoms. The zero-order valence-corrected chi connectivity index (χ0v) is 14.8. The van der Waals surface area contributed by atoms with E-state index in [1.54, 1.807) is 24.3 Å². The number of aromatic carboxylic acids is 1. The van der Waals surface area contributed by atoms with Crippen molar-refractivity contribution in [2.24, 2.45) is 0 Å². The van der Waals surface area contributed by atoms with Crippen molar-refractivity contribution in [3.8, 4) is 0 Å². The molecule has 2 rings (SSSR count). The molecule has 0 aliphatic rings. The molecule has 4 nitrogen and oxygen atoms in total. The Labute approximate surface area is 149 Å². The van der Waals surface area contributed by atoms with Crippen LogP contribution in [0.4, 0.5) is 0 Å². The van der Waals surface area contributed by atoms with E-state index in [1.807, 2.05) is 30.0 Å². The van der Waals surface area contributed by atoms with Crippen LogP contribution in [0.1, 0.15) is 41.8 Å². The van der Waals surface area contributed by atoms with Crippen LogP contribution in [0, 0.1) is 0 Å². The predicted molar refractivity (Wildman–Crippen MR) is 98.7 cm³/mol. The summed E-state index contributed by atoms with van der Waals surface area (Å²) in [6.45, 7) is 4.66. The molecule has 0 aromatic heterocycles. The lowest BCUT2D eigenvalue weighted by molar-refractivity contribution is -0.132. The van der Waals surface area contributed by atoms with Gasteiger partial charge in [0, 0.05) is 12.6 Å². The molecule has 0 aliphatic heterocycles. The van der Waals surface area contributed by atoms with Gasteiger partial charge in [-0.1, -0.05) is 55.5 Å². The average Bonchev–Trinajstić information content (AvgIpc) is 2.62. The third kappa shape index (κ3) is 4.92. The Morgan fingerprint density at radius 1 is 1.00 bits per heavy atom. The molecule has 2 aromatic rings. The fourth-order valence-electron chi connectivity index (χ4n) is 3.15. The second-order valence-electron chi connectivity index (χ2n) is 6.07. The van der Waals surface area contributed by atoms with Crippen LogP contribution in [0.3, 0.4) is 0 Å². The Morgan fingerprint density at radius 2 is 1.64 bits per heavy atom. The van der Waals surface area contributed by atoms with E-state index in [-0.39, 0.29) is 23.9 Å². The number of hydrogen-bond donors (Lipinski definition) is 1. The number of hydrogen-bond acceptors (Lipinski definition) is 2. The number of amides is 1. The Morgan fingerprint density at radius 3 is 2.24 bits per heavy atom. The van der Waals surface area contributed by atoms with Gasteiger partial charge in [-0.25, -0.2) is 4.79 Å². The highest BCUT2D eigenvalue weighted by Crippen LogP contribution is 2.16. The summed E-state index contributed by atoms with van der Waals surface area (Å²) in [5.41, 5.74) is 1.96. The standard InChI is InChI=1S/C21H25NO3/c1-3-18(14-16-10-6-5-7-11-16)22(4-2)20(23)15-17-12-8-9-13-19(17)21(24)25/h5-13,18H,3-4,14-15H2,1-2H3,(H,24,25). The Kier molecular flexibility index (Phi) is 6.75. The summed E-state index contributed by atoms with van der Waals surface area (Å²) in [5, 5.41) is 9.30. The third-order valence-corrected chi connectivity index (χ3v) is 4.48. The summed E-state index contributed by atoms with van der Waals surface area (Å²) >= 11 is 0. The van der Waals surface area contributed by atoms with E-state index in [4.69, 9.17) is 0 Å². The van der Waals surface area contributed by atoms with Gasteiger partial charge in [0.15, 0.2) is 0 Å². The van der Waals surface area contributed by atoms with E-state index in [9.17, 15) is 14.7 Å². The Bertz CT molecular complexity index is 712. The lowest BCUT2D eigenvalue weighted by Crippen LogP contribution is -2.42. The monoisotopic (exact) mass is 339 g/mol. The topological polar surface area (TPSA) is 57.6 Å². The van der Waals surface area contributed by atoms with Gasteiger partial charge in [-0.2, -0.15) is 0 Å². The van der Waals surface area contributed by atoms with E-state index in [0.29, 0.717) is 12.1 Å². The van der Waals surface area contributed by atoms with Gasteiger partial charge >= 0.3 is 5.97 Å². The number of benzene rings is 2. The maximum Gasteiger partial charge on any atom is 0.335 e. The van der Waals surface area contributed by atoms with Crippen molar-refractivity contribution in [3.63, 3.8) is 0 Å². The van der Waals surface area contributed by atoms with Crippen LogP contribution >= 0.6 is 0 Å². The van der Waals surface area contributed by atoms with Crippen LogP contribution in [0.5, 0.6) is 0 Å². The molecule has 0 saturated carbocycles. The van der Waals surface area contributed by atoms with E-state index in [2.05, 4.69) is 19.1 Å². The summed E-state index contributed by atoms with van der Waals surface area (Å²) in [6, 6.07) is 16.9. The summed E-state index contributed by atoms with van der Waals surface area (Å²) in [4.78, 5) is 26.1. The number of carbonyl (C=O) groups excluding carboxylic acids is 1. The molecule has 0 saturated heterocycles. The second kappa shape index (κ2) is 9.02. The van der Waals surface area contributed by atoms with Gasteiger partial charge in [0.25, 0.3) is 0 Å². The fourth-order valence-corrected chi connectivity index (χ4v) is 3.15. The van der Waals surface area contributed by atoms with Crippen molar-refractivity contribution in [2.45, 2.75) is 39.2 Å². The van der Waals surface area contributed by atoms with Crippen LogP contribution in [-0.4, -0.2) is 34.5 Å². The van der Waals surface area contributed by atoms with Crippen molar-refractivity contribution in [3.05, 3.63) is 71.3 Å². The molecule has 1 N–H and O–H groups in total. The van der Waals surface area contributed by atoms with Gasteiger partial charge in [0.05, 0.1) is 12.0 Å². The van der Waals surface area contributed by atoms with Gasteiger partial charge in [-0.15, -0.1) is 0 Å². The highest BCUT2D eigenvalue weighted by molar-refractivity contribution is 5.91. The van der Waals surface area contributed by atoms with E-state index in [0.717, 1.165) is 12.8 Å². The summed E-state index contributed by atoms with van der Waals surface area (Å²) in [5.74, 6) is -1.03. The Balaban J connectivity index is 2.15. The molecule has 0 spiro atoms. The Hall–Kier alpha value is -2.62. The van der Waals surface area contributed by atoms with Crippen LogP contribution in [0.2, 0.25) is 0 Å². The third-order valence-electron chi connectivity index (χ3n) is 4.48. The molecule has 1 atom stereocenters. The predicted octanol–water partition coefficient (Wildman–Crippen LogP) is 3.80. The van der Waals surface area contributed by atoms with Gasteiger partial charge in [0.1, 0.15) is 0 Å². The molecule has 0 aliphatic carbocycles. The summed E-state index contributed by atoms with van der Waals surface area (Å²) in [6.07, 6.45) is 1.77. The smallest absolute Gasteiger partial charge is 0.335 e. The highest BCUT2D eigenvalue weighted by atomic mass is 16.4. The molecular weight excluding hydrogens is 314 g/mol. The zero-order valence-electron chi connectivity index (χ0n) is 14.8. The van der Waals surface area contributed by atoms with Crippen molar-refractivity contribution in [1.82, 2.24) is 4.90 Å². The van der Waals surface area contributed by atoms with E-state index in [1.165, 1.54) is 5.56 Å². The van der Waals surface area contributed by atoms with Crippen LogP contribution in [0.25, 0.3) is 0 Å². The van der Waals surface area contributed by atoms with Gasteiger partial charge in [-0.05, 0) is 37.0 Å². The van der Waals surface area contributed by atoms with E-state index < -0.39 is 5.97 Å². The van der Waals surface area contributed by atoms with Crippen LogP contribution < -0.4 is 0 Å². The first kappa shape index (κ1) is 18.7. The lowest BCUT2D eigenvalue weighted by atomic mass is 10.00. The highest BCUT2D eigenvalue weighted by Gasteiger charge is 2.22. The molecular formula is C21H25NO3. The first-order chi connectivity index (χ1) is 12.1. The second-order valence-corrected chi connectivity index (χ2v) is 6.07. The molecule has 4 heteroatoms. The minimum Gasteiger partial charge on any atom is -0.478 e. The number of carboxylic acid groups (broad SMARTS) is 1. The largest absolute Gasteiger partial charge is 0.478 e. The minimum atomic E-state index is -0.997. The summed E-state index contributed by atoms with van der Waals surface area (Å²) in [7, 11) is 0. The van der Waals surface area contributed by atoms with Crippen molar-refractivity contribution >= 4 is 11.9 Å². The maximum atomic E-state index is 12.8. The fraction of sp³-hybridized carbons (Fsp3) is 0.333. The molecule has 0 heterocycles. The maximum absolute atomic E-state index is 12.8. The first-order valence-corrected chi connectivity index (χ1v) is 8.71. The van der Waals surface area contributed by atoms with Gasteiger partial charge in [-0.3, -0.25) is 4.79 Å². The van der Waals surface area contributed by atoms with Gasteiger partial charge < -0.3 is 10.0 Å². The van der Waals surface area contributed by atoms with E-state index >= 15 is 0 Å². The number of likely N-dealkylation sites (N-methyl/N-ethyl adjacent to an activating group) is 1. The van der Waals surface area contributed by atoms with Crippen LogP contribution in [0.15, 0.2) is 54.6 Å². The lowest BCUT2D eigenvalue weighted by Gasteiger charge is -2.30. The number of carboxylic acids is 1. The van der Waals surface area contributed by atoms with Gasteiger partial charge in [0.2, 0.25) is 5.91 Å². The minimum absolute atomic E-state index is 0.0287. The molecule has 25 heavy (non-hydrogen) atoms. The number of carbonyl (C=O) groups is 2. The molecule has 2 aromatic carbocycles. The molecule has 1 amide bonds. The first-order valence-electron chi connectivity index (χ1n) is 8.71. The number of nitrogens with zero attached hydrogens (tertiary/aromatic N) is 1. The average molecular weight is 339 g/mol. The molecule has 1 unspecified atom stereocenters. The van der Waals surface area contributed by atoms with Crippen LogP contribution in [-0.2, 0) is 17.6 Å². The SMILES string of the molecule is CCC(Cc1ccccc1)N(CC)C(=O)Cc1ccccc1C(=O)O. The quantitative estimate of drug-likeness (QED) is 0.796. The summed E-state index contributed by atoms with van der Waals surface area (Å²) < 4.78 is 0. The van der Waals surface area contributed by atoms with Crippen molar-refractivity contribution in [1.29, 1.82) is 0 Å². The van der Waals surface area contributed by atoms with Crippen molar-refractivity contribution < 1.29 is 14.7 Å². The molecule has 0 fully saturated rings. The zero-order chi connectivity index (χ0) is 18.2. The molecule has 132 valence electrons. The number of rotatable bonds is 8.